The highest BCUT2D eigenvalue weighted by atomic mass is 16.2. The highest BCUT2D eigenvalue weighted by molar-refractivity contribution is 5.59. The van der Waals surface area contributed by atoms with Crippen molar-refractivity contribution in [3.8, 4) is 6.07 Å². The molecule has 84 valence electrons. The van der Waals surface area contributed by atoms with Gasteiger partial charge in [0, 0.05) is 18.6 Å². The molecule has 15 heavy (non-hydrogen) atoms. The van der Waals surface area contributed by atoms with E-state index in [0.717, 1.165) is 19.8 Å². The standard InChI is InChI=1S/C6H10O.C5H5N.CH4O/c1-6(2)3-5(6)4-7;1-3-5(2)4-6;1-2/h4-5H,3H2,1-2H3;3H,1-2H2;2H,1H3. The number of allylic oxidation sites excluding steroid dienone is 2. The number of nitriles is 1. The lowest BCUT2D eigenvalue weighted by molar-refractivity contribution is -0.109. The van der Waals surface area contributed by atoms with Crippen molar-refractivity contribution in [3.63, 3.8) is 0 Å². The van der Waals surface area contributed by atoms with Crippen LogP contribution >= 0.6 is 0 Å². The molecule has 1 saturated carbocycles. The van der Waals surface area contributed by atoms with Crippen LogP contribution in [0.4, 0.5) is 0 Å². The molecule has 1 N–H and O–H groups in total. The van der Waals surface area contributed by atoms with E-state index in [-0.39, 0.29) is 0 Å². The van der Waals surface area contributed by atoms with Crippen LogP contribution in [-0.4, -0.2) is 18.5 Å². The van der Waals surface area contributed by atoms with Crippen LogP contribution in [0.5, 0.6) is 0 Å². The zero-order chi connectivity index (χ0) is 12.5. The van der Waals surface area contributed by atoms with Crippen LogP contribution in [0.25, 0.3) is 0 Å². The van der Waals surface area contributed by atoms with Crippen molar-refractivity contribution in [1.82, 2.24) is 0 Å². The quantitative estimate of drug-likeness (QED) is 0.430. The number of carbonyl (C=O) groups is 1. The van der Waals surface area contributed by atoms with Gasteiger partial charge in [-0.15, -0.1) is 0 Å². The second kappa shape index (κ2) is 7.95. The molecule has 0 amide bonds. The number of hydrogen-bond donors (Lipinski definition) is 1. The number of hydrogen-bond acceptors (Lipinski definition) is 3. The minimum Gasteiger partial charge on any atom is -0.400 e. The molecule has 1 rings (SSSR count). The largest absolute Gasteiger partial charge is 0.400 e. The molecule has 0 aromatic carbocycles. The zero-order valence-corrected chi connectivity index (χ0v) is 9.66. The molecule has 0 spiro atoms. The average Bonchev–Trinajstić information content (AvgIpc) is 2.89. The van der Waals surface area contributed by atoms with E-state index >= 15 is 0 Å². The Morgan fingerprint density at radius 3 is 2.00 bits per heavy atom. The summed E-state index contributed by atoms with van der Waals surface area (Å²) < 4.78 is 0. The van der Waals surface area contributed by atoms with Gasteiger partial charge in [-0.3, -0.25) is 0 Å². The van der Waals surface area contributed by atoms with Crippen LogP contribution in [0.3, 0.4) is 0 Å². The van der Waals surface area contributed by atoms with Gasteiger partial charge in [0.05, 0.1) is 6.07 Å². The van der Waals surface area contributed by atoms with Gasteiger partial charge >= 0.3 is 0 Å². The van der Waals surface area contributed by atoms with E-state index < -0.39 is 0 Å². The first-order valence-electron chi connectivity index (χ1n) is 4.59. The second-order valence-corrected chi connectivity index (χ2v) is 3.78. The summed E-state index contributed by atoms with van der Waals surface area (Å²) in [5.41, 5.74) is 0.761. The number of aliphatic hydroxyl groups is 1. The van der Waals surface area contributed by atoms with E-state index in [2.05, 4.69) is 27.0 Å². The molecule has 0 saturated heterocycles. The molecule has 1 aliphatic rings. The van der Waals surface area contributed by atoms with Crippen LogP contribution < -0.4 is 0 Å². The predicted octanol–water partition coefficient (Wildman–Crippen LogP) is 2.09. The normalized spacial score (nSPS) is 19.0. The SMILES string of the molecule is C=CC(=C)C#N.CC1(C)CC1C=O.CO. The summed E-state index contributed by atoms with van der Waals surface area (Å²) in [6.07, 6.45) is 3.57. The first-order valence-corrected chi connectivity index (χ1v) is 4.59. The number of nitrogens with zero attached hydrogens (tertiary/aromatic N) is 1. The fraction of sp³-hybridized carbons (Fsp3) is 0.500. The van der Waals surface area contributed by atoms with Gasteiger partial charge in [-0.05, 0) is 11.8 Å². The maximum absolute atomic E-state index is 9.98. The number of carbonyl (C=O) groups excluding carboxylic acids is 1. The van der Waals surface area contributed by atoms with Crippen molar-refractivity contribution in [2.75, 3.05) is 7.11 Å². The summed E-state index contributed by atoms with van der Waals surface area (Å²) in [5.74, 6) is 0.368. The van der Waals surface area contributed by atoms with Crippen molar-refractivity contribution in [1.29, 1.82) is 5.26 Å². The lowest BCUT2D eigenvalue weighted by Crippen LogP contribution is -1.88. The minimum absolute atomic E-state index is 0.349. The summed E-state index contributed by atoms with van der Waals surface area (Å²) >= 11 is 0. The third-order valence-corrected chi connectivity index (χ3v) is 2.14. The van der Waals surface area contributed by atoms with Gasteiger partial charge in [0.1, 0.15) is 6.29 Å². The van der Waals surface area contributed by atoms with Crippen molar-refractivity contribution >= 4 is 6.29 Å². The van der Waals surface area contributed by atoms with Crippen LogP contribution in [-0.2, 0) is 4.79 Å². The van der Waals surface area contributed by atoms with Crippen molar-refractivity contribution < 1.29 is 9.90 Å². The molecule has 3 heteroatoms. The predicted molar refractivity (Wildman–Crippen MR) is 61.0 cm³/mol. The Labute approximate surface area is 91.7 Å². The van der Waals surface area contributed by atoms with Crippen molar-refractivity contribution in [2.45, 2.75) is 20.3 Å². The molecule has 1 unspecified atom stereocenters. The highest BCUT2D eigenvalue weighted by Crippen LogP contribution is 2.49. The third kappa shape index (κ3) is 7.65. The van der Waals surface area contributed by atoms with E-state index in [1.807, 2.05) is 0 Å². The Balaban J connectivity index is 0. The maximum atomic E-state index is 9.98. The number of aliphatic hydroxyl groups excluding tert-OH is 1. The van der Waals surface area contributed by atoms with Crippen LogP contribution in [0.15, 0.2) is 24.8 Å². The van der Waals surface area contributed by atoms with Gasteiger partial charge in [0.2, 0.25) is 0 Å². The first-order chi connectivity index (χ1) is 6.97. The Kier molecular flexibility index (Phi) is 8.51. The van der Waals surface area contributed by atoms with E-state index in [4.69, 9.17) is 10.4 Å². The highest BCUT2D eigenvalue weighted by Gasteiger charge is 2.45. The van der Waals surface area contributed by atoms with Gasteiger partial charge in [0.25, 0.3) is 0 Å². The Hall–Kier alpha value is -1.40. The van der Waals surface area contributed by atoms with Crippen LogP contribution in [0.1, 0.15) is 20.3 Å². The summed E-state index contributed by atoms with van der Waals surface area (Å²) in [6, 6.07) is 1.80. The monoisotopic (exact) mass is 209 g/mol. The fourth-order valence-corrected chi connectivity index (χ4v) is 0.786. The second-order valence-electron chi connectivity index (χ2n) is 3.78. The molecule has 1 atom stereocenters. The molecular formula is C12H19NO2. The molecule has 0 radical (unpaired) electrons. The molecule has 1 fully saturated rings. The van der Waals surface area contributed by atoms with E-state index in [1.54, 1.807) is 6.07 Å². The van der Waals surface area contributed by atoms with E-state index in [1.165, 1.54) is 6.08 Å². The number of aldehydes is 1. The van der Waals surface area contributed by atoms with Gasteiger partial charge in [0.15, 0.2) is 0 Å². The van der Waals surface area contributed by atoms with E-state index in [9.17, 15) is 4.79 Å². The Morgan fingerprint density at radius 2 is 2.00 bits per heavy atom. The van der Waals surface area contributed by atoms with Crippen LogP contribution in [0, 0.1) is 22.7 Å². The number of rotatable bonds is 2. The average molecular weight is 209 g/mol. The summed E-state index contributed by atoms with van der Waals surface area (Å²) in [6.45, 7) is 10.9. The maximum Gasteiger partial charge on any atom is 0.123 e. The van der Waals surface area contributed by atoms with Gasteiger partial charge in [-0.25, -0.2) is 0 Å². The minimum atomic E-state index is 0.349. The summed E-state index contributed by atoms with van der Waals surface area (Å²) in [5, 5.41) is 14.9. The lowest BCUT2D eigenvalue weighted by atomic mass is 10.1. The van der Waals surface area contributed by atoms with Crippen molar-refractivity contribution in [2.24, 2.45) is 11.3 Å². The molecule has 1 aliphatic carbocycles. The summed E-state index contributed by atoms with van der Waals surface area (Å²) in [7, 11) is 1.00. The fourth-order valence-electron chi connectivity index (χ4n) is 0.786. The molecule has 0 aliphatic heterocycles. The Morgan fingerprint density at radius 1 is 1.60 bits per heavy atom. The smallest absolute Gasteiger partial charge is 0.123 e. The van der Waals surface area contributed by atoms with Gasteiger partial charge < -0.3 is 9.90 Å². The molecule has 0 bridgehead atoms. The third-order valence-electron chi connectivity index (χ3n) is 2.14. The van der Waals surface area contributed by atoms with E-state index in [0.29, 0.717) is 16.9 Å². The molecule has 0 heterocycles. The first kappa shape index (κ1) is 16.0. The van der Waals surface area contributed by atoms with Crippen LogP contribution in [0.2, 0.25) is 0 Å². The molecule has 0 aromatic rings. The molecule has 0 aromatic heterocycles. The molecule has 3 nitrogen and oxygen atoms in total. The van der Waals surface area contributed by atoms with Gasteiger partial charge in [-0.1, -0.05) is 33.1 Å². The Bertz CT molecular complexity index is 261. The lowest BCUT2D eigenvalue weighted by Gasteiger charge is -1.91. The van der Waals surface area contributed by atoms with Gasteiger partial charge in [-0.2, -0.15) is 5.26 Å². The summed E-state index contributed by atoms with van der Waals surface area (Å²) in [4.78, 5) is 9.98. The topological polar surface area (TPSA) is 61.1 Å². The zero-order valence-electron chi connectivity index (χ0n) is 9.66. The van der Waals surface area contributed by atoms with Crippen molar-refractivity contribution in [3.05, 3.63) is 24.8 Å². The molecular weight excluding hydrogens is 190 g/mol.